The maximum absolute atomic E-state index is 10.4. The minimum atomic E-state index is -0.825. The molecule has 0 fully saturated rings. The Bertz CT molecular complexity index is 141. The molecule has 0 bridgehead atoms. The first-order valence-electron chi connectivity index (χ1n) is 3.62. The zero-order chi connectivity index (χ0) is 9.56. The quantitative estimate of drug-likeness (QED) is 0.766. The number of rotatable bonds is 6. The van der Waals surface area contributed by atoms with Crippen LogP contribution in [0, 0.1) is 5.92 Å². The van der Waals surface area contributed by atoms with Crippen molar-refractivity contribution in [3.05, 3.63) is 0 Å². The lowest BCUT2D eigenvalue weighted by atomic mass is 10.2. The molecule has 0 aliphatic rings. The van der Waals surface area contributed by atoms with E-state index in [1.165, 1.54) is 0 Å². The highest BCUT2D eigenvalue weighted by Gasteiger charge is 2.12. The van der Waals surface area contributed by atoms with Crippen LogP contribution < -0.4 is 0 Å². The molecule has 0 heterocycles. The Morgan fingerprint density at radius 1 is 1.67 bits per heavy atom. The van der Waals surface area contributed by atoms with Crippen molar-refractivity contribution in [1.82, 2.24) is 0 Å². The lowest BCUT2D eigenvalue weighted by Gasteiger charge is -2.11. The van der Waals surface area contributed by atoms with Gasteiger partial charge in [-0.2, -0.15) is 0 Å². The van der Waals surface area contributed by atoms with E-state index in [2.05, 4.69) is 31.9 Å². The molecule has 5 heteroatoms. The van der Waals surface area contributed by atoms with Crippen molar-refractivity contribution >= 4 is 37.8 Å². The molecule has 0 saturated heterocycles. The minimum Gasteiger partial charge on any atom is -0.481 e. The zero-order valence-electron chi connectivity index (χ0n) is 6.80. The Morgan fingerprint density at radius 3 is 2.67 bits per heavy atom. The molecule has 0 aromatic heterocycles. The van der Waals surface area contributed by atoms with Crippen molar-refractivity contribution < 1.29 is 14.6 Å². The number of ether oxygens (including phenoxy) is 1. The molecule has 12 heavy (non-hydrogen) atoms. The Balaban J connectivity index is 3.46. The van der Waals surface area contributed by atoms with Gasteiger partial charge in [0.05, 0.1) is 12.5 Å². The smallest absolute Gasteiger partial charge is 0.308 e. The molecule has 0 aromatic rings. The first-order chi connectivity index (χ1) is 5.57. The zero-order valence-corrected chi connectivity index (χ0v) is 9.97. The van der Waals surface area contributed by atoms with Crippen molar-refractivity contribution in [2.75, 3.05) is 11.9 Å². The molecule has 0 rings (SSSR count). The first kappa shape index (κ1) is 12.4. The highest BCUT2D eigenvalue weighted by Crippen LogP contribution is 2.10. The van der Waals surface area contributed by atoms with Crippen molar-refractivity contribution in [3.63, 3.8) is 0 Å². The van der Waals surface area contributed by atoms with E-state index in [0.29, 0.717) is 0 Å². The van der Waals surface area contributed by atoms with Crippen LogP contribution in [-0.4, -0.2) is 28.0 Å². The highest BCUT2D eigenvalue weighted by molar-refractivity contribution is 9.10. The van der Waals surface area contributed by atoms with Gasteiger partial charge < -0.3 is 9.84 Å². The fraction of sp³-hybridized carbons (Fsp3) is 0.857. The van der Waals surface area contributed by atoms with Crippen molar-refractivity contribution in [1.29, 1.82) is 0 Å². The van der Waals surface area contributed by atoms with Crippen LogP contribution in [0.15, 0.2) is 0 Å². The second-order valence-corrected chi connectivity index (χ2v) is 4.27. The summed E-state index contributed by atoms with van der Waals surface area (Å²) < 4.78 is 5.21. The van der Waals surface area contributed by atoms with Crippen LogP contribution in [0.1, 0.15) is 13.3 Å². The third kappa shape index (κ3) is 5.97. The topological polar surface area (TPSA) is 46.5 Å². The van der Waals surface area contributed by atoms with Crippen LogP contribution in [0.5, 0.6) is 0 Å². The Labute approximate surface area is 88.7 Å². The van der Waals surface area contributed by atoms with Gasteiger partial charge in [-0.3, -0.25) is 4.79 Å². The summed E-state index contributed by atoms with van der Waals surface area (Å²) in [7, 11) is 0. The molecule has 0 aliphatic heterocycles. The van der Waals surface area contributed by atoms with Crippen LogP contribution in [-0.2, 0) is 9.53 Å². The Morgan fingerprint density at radius 2 is 2.25 bits per heavy atom. The number of aliphatic carboxylic acids is 1. The number of alkyl halides is 2. The fourth-order valence-corrected chi connectivity index (χ4v) is 1.90. The average Bonchev–Trinajstić information content (AvgIpc) is 2.00. The molecule has 0 spiro atoms. The monoisotopic (exact) mass is 302 g/mol. The van der Waals surface area contributed by atoms with Crippen LogP contribution in [0.4, 0.5) is 0 Å². The molecule has 0 aromatic carbocycles. The maximum Gasteiger partial charge on any atom is 0.308 e. The second kappa shape index (κ2) is 6.86. The molecular formula is C7H12Br2O3. The largest absolute Gasteiger partial charge is 0.481 e. The van der Waals surface area contributed by atoms with E-state index in [1.807, 2.05) is 0 Å². The molecule has 3 nitrogen and oxygen atoms in total. The molecule has 72 valence electrons. The summed E-state index contributed by atoms with van der Waals surface area (Å²) in [4.78, 5) is 10.4. The summed E-state index contributed by atoms with van der Waals surface area (Å²) in [5.41, 5.74) is 0. The van der Waals surface area contributed by atoms with Crippen LogP contribution >= 0.6 is 31.9 Å². The van der Waals surface area contributed by atoms with E-state index in [1.54, 1.807) is 6.92 Å². The van der Waals surface area contributed by atoms with Gasteiger partial charge in [0.1, 0.15) is 5.01 Å². The fourth-order valence-electron chi connectivity index (χ4n) is 0.489. The third-order valence-corrected chi connectivity index (χ3v) is 2.46. The van der Waals surface area contributed by atoms with E-state index in [4.69, 9.17) is 9.84 Å². The predicted molar refractivity (Wildman–Crippen MR) is 53.9 cm³/mol. The summed E-state index contributed by atoms with van der Waals surface area (Å²) in [5, 5.41) is 9.30. The lowest BCUT2D eigenvalue weighted by Crippen LogP contribution is -2.19. The Hall–Kier alpha value is 0.390. The van der Waals surface area contributed by atoms with Gasteiger partial charge in [0, 0.05) is 5.33 Å². The molecule has 0 amide bonds. The first-order valence-corrected chi connectivity index (χ1v) is 5.66. The van der Waals surface area contributed by atoms with E-state index in [0.717, 1.165) is 11.8 Å². The minimum absolute atomic E-state index is 0.0568. The predicted octanol–water partition coefficient (Wildman–Crippen LogP) is 2.23. The van der Waals surface area contributed by atoms with Gasteiger partial charge in [0.25, 0.3) is 0 Å². The summed E-state index contributed by atoms with van der Waals surface area (Å²) in [5.74, 6) is -1.27. The highest BCUT2D eigenvalue weighted by atomic mass is 79.9. The number of carboxylic acid groups (broad SMARTS) is 1. The van der Waals surface area contributed by atoms with Gasteiger partial charge in [0.2, 0.25) is 0 Å². The van der Waals surface area contributed by atoms with Gasteiger partial charge >= 0.3 is 5.97 Å². The third-order valence-electron chi connectivity index (χ3n) is 1.28. The van der Waals surface area contributed by atoms with E-state index < -0.39 is 11.9 Å². The summed E-state index contributed by atoms with van der Waals surface area (Å²) in [6, 6.07) is 0. The molecule has 0 saturated carbocycles. The molecule has 0 aliphatic carbocycles. The van der Waals surface area contributed by atoms with Crippen molar-refractivity contribution in [2.45, 2.75) is 18.4 Å². The van der Waals surface area contributed by atoms with Crippen molar-refractivity contribution in [2.24, 2.45) is 5.92 Å². The summed E-state index contributed by atoms with van der Waals surface area (Å²) >= 11 is 6.53. The standard InChI is InChI=1S/C7H12Br2O3/c1-5(7(10)11)4-12-6(9)2-3-8/h5-6H,2-4H2,1H3,(H,10,11). The number of carboxylic acids is 1. The molecule has 1 N–H and O–H groups in total. The molecular weight excluding hydrogens is 292 g/mol. The number of halogens is 2. The summed E-state index contributed by atoms with van der Waals surface area (Å²) in [6.07, 6.45) is 0.826. The van der Waals surface area contributed by atoms with Gasteiger partial charge in [-0.15, -0.1) is 0 Å². The average molecular weight is 304 g/mol. The van der Waals surface area contributed by atoms with E-state index in [9.17, 15) is 4.79 Å². The van der Waals surface area contributed by atoms with Crippen molar-refractivity contribution in [3.8, 4) is 0 Å². The van der Waals surface area contributed by atoms with Crippen LogP contribution in [0.2, 0.25) is 0 Å². The number of hydrogen-bond donors (Lipinski definition) is 1. The van der Waals surface area contributed by atoms with E-state index >= 15 is 0 Å². The van der Waals surface area contributed by atoms with Crippen LogP contribution in [0.3, 0.4) is 0 Å². The molecule has 2 unspecified atom stereocenters. The van der Waals surface area contributed by atoms with E-state index in [-0.39, 0.29) is 11.6 Å². The second-order valence-electron chi connectivity index (χ2n) is 2.46. The van der Waals surface area contributed by atoms with Gasteiger partial charge in [0.15, 0.2) is 0 Å². The normalized spacial score (nSPS) is 15.6. The number of hydrogen-bond acceptors (Lipinski definition) is 2. The van der Waals surface area contributed by atoms with Gasteiger partial charge in [-0.05, 0) is 13.3 Å². The van der Waals surface area contributed by atoms with Gasteiger partial charge in [-0.1, -0.05) is 31.9 Å². The maximum atomic E-state index is 10.4. The Kier molecular flexibility index (Phi) is 7.08. The molecule has 2 atom stereocenters. The summed E-state index contributed by atoms with van der Waals surface area (Å²) in [6.45, 7) is 1.87. The molecule has 0 radical (unpaired) electrons. The number of carbonyl (C=O) groups is 1. The van der Waals surface area contributed by atoms with Crippen LogP contribution in [0.25, 0.3) is 0 Å². The van der Waals surface area contributed by atoms with Gasteiger partial charge in [-0.25, -0.2) is 0 Å². The SMILES string of the molecule is CC(COC(Br)CCBr)C(=O)O. The lowest BCUT2D eigenvalue weighted by molar-refractivity contribution is -0.143.